The molecular weight excluding hydrogens is 316 g/mol. The smallest absolute Gasteiger partial charge is 0.220 e. The van der Waals surface area contributed by atoms with Gasteiger partial charge in [-0.3, -0.25) is 9.59 Å². The van der Waals surface area contributed by atoms with Crippen molar-refractivity contribution in [2.45, 2.75) is 53.1 Å². The molecule has 1 aliphatic carbocycles. The number of carbonyl (C=O) groups excluding carboxylic acids is 2. The largest absolute Gasteiger partial charge is 0.352 e. The monoisotopic (exact) mass is 342 g/mol. The number of nitrogens with zero attached hydrogens (tertiary/aromatic N) is 3. The molecule has 1 aromatic carbocycles. The van der Waals surface area contributed by atoms with E-state index in [0.29, 0.717) is 13.0 Å². The van der Waals surface area contributed by atoms with E-state index in [1.54, 1.807) is 6.92 Å². The van der Waals surface area contributed by atoms with Crippen molar-refractivity contribution in [2.75, 3.05) is 0 Å². The van der Waals surface area contributed by atoms with Crippen LogP contribution in [0.25, 0.3) is 11.0 Å². The van der Waals surface area contributed by atoms with E-state index in [1.807, 2.05) is 35.9 Å². The van der Waals surface area contributed by atoms with Crippen molar-refractivity contribution < 1.29 is 9.59 Å². The molecule has 1 N–H and O–H groups in total. The van der Waals surface area contributed by atoms with Crippen LogP contribution in [0.5, 0.6) is 0 Å². The van der Waals surface area contributed by atoms with Crippen molar-refractivity contribution in [3.8, 4) is 0 Å². The number of para-hydroxylation sites is 1. The highest BCUT2D eigenvalue weighted by Crippen LogP contribution is 2.53. The number of hydrogen-bond acceptors (Lipinski definition) is 4. The molecule has 25 heavy (non-hydrogen) atoms. The van der Waals surface area contributed by atoms with Gasteiger partial charge in [-0.15, -0.1) is 5.10 Å². The van der Waals surface area contributed by atoms with Crippen molar-refractivity contribution in [1.82, 2.24) is 20.3 Å². The Balaban J connectivity index is 1.54. The Bertz CT molecular complexity index is 796. The topological polar surface area (TPSA) is 76.9 Å². The van der Waals surface area contributed by atoms with Crippen LogP contribution >= 0.6 is 0 Å². The lowest BCUT2D eigenvalue weighted by Crippen LogP contribution is -2.50. The van der Waals surface area contributed by atoms with E-state index in [9.17, 15) is 9.59 Å². The van der Waals surface area contributed by atoms with E-state index < -0.39 is 0 Å². The molecule has 2 unspecified atom stereocenters. The number of aromatic nitrogens is 3. The van der Waals surface area contributed by atoms with Crippen LogP contribution in [0.4, 0.5) is 0 Å². The first-order chi connectivity index (χ1) is 11.8. The molecule has 134 valence electrons. The number of fused-ring (bicyclic) bond motifs is 1. The molecule has 2 aromatic rings. The van der Waals surface area contributed by atoms with Crippen LogP contribution in [-0.2, 0) is 16.1 Å². The number of benzene rings is 1. The van der Waals surface area contributed by atoms with Crippen LogP contribution < -0.4 is 5.32 Å². The summed E-state index contributed by atoms with van der Waals surface area (Å²) in [6.07, 6.45) is 1.29. The molecule has 1 heterocycles. The van der Waals surface area contributed by atoms with Gasteiger partial charge in [0.2, 0.25) is 5.91 Å². The fourth-order valence-electron chi connectivity index (χ4n) is 3.97. The average Bonchev–Trinajstić information content (AvgIpc) is 2.93. The molecule has 0 saturated heterocycles. The Kier molecular flexibility index (Phi) is 4.62. The lowest BCUT2D eigenvalue weighted by atomic mass is 9.52. The second kappa shape index (κ2) is 6.58. The molecule has 1 amide bonds. The van der Waals surface area contributed by atoms with Crippen LogP contribution in [-0.4, -0.2) is 32.7 Å². The first kappa shape index (κ1) is 17.6. The van der Waals surface area contributed by atoms with Gasteiger partial charge in [-0.2, -0.15) is 0 Å². The zero-order valence-electron chi connectivity index (χ0n) is 15.3. The van der Waals surface area contributed by atoms with Gasteiger partial charge in [0, 0.05) is 18.4 Å². The number of hydrogen-bond donors (Lipinski definition) is 1. The van der Waals surface area contributed by atoms with Gasteiger partial charge in [-0.25, -0.2) is 4.68 Å². The van der Waals surface area contributed by atoms with E-state index in [4.69, 9.17) is 0 Å². The van der Waals surface area contributed by atoms with Crippen LogP contribution in [0, 0.1) is 17.3 Å². The summed E-state index contributed by atoms with van der Waals surface area (Å²) in [5.74, 6) is 0.620. The van der Waals surface area contributed by atoms with E-state index >= 15 is 0 Å². The third-order valence-corrected chi connectivity index (χ3v) is 5.67. The molecule has 1 aliphatic rings. The second-order valence-corrected chi connectivity index (χ2v) is 7.85. The third-order valence-electron chi connectivity index (χ3n) is 5.67. The molecule has 0 spiro atoms. The fraction of sp³-hybridized carbons (Fsp3) is 0.579. The van der Waals surface area contributed by atoms with Gasteiger partial charge >= 0.3 is 0 Å². The third kappa shape index (κ3) is 3.43. The predicted octanol–water partition coefficient (Wildman–Crippen LogP) is 2.58. The maximum Gasteiger partial charge on any atom is 0.220 e. The van der Waals surface area contributed by atoms with Crippen molar-refractivity contribution in [3.05, 3.63) is 24.3 Å². The number of amides is 1. The van der Waals surface area contributed by atoms with Gasteiger partial charge < -0.3 is 5.32 Å². The number of ketones is 1. The summed E-state index contributed by atoms with van der Waals surface area (Å²) in [7, 11) is 0. The van der Waals surface area contributed by atoms with Gasteiger partial charge in [0.05, 0.1) is 12.1 Å². The molecule has 0 bridgehead atoms. The van der Waals surface area contributed by atoms with E-state index in [0.717, 1.165) is 17.5 Å². The van der Waals surface area contributed by atoms with Gasteiger partial charge in [0.1, 0.15) is 11.3 Å². The normalized spacial score (nSPS) is 23.0. The lowest BCUT2D eigenvalue weighted by molar-refractivity contribution is -0.141. The Morgan fingerprint density at radius 3 is 2.76 bits per heavy atom. The highest BCUT2D eigenvalue weighted by molar-refractivity contribution is 5.81. The van der Waals surface area contributed by atoms with Crippen molar-refractivity contribution >= 4 is 22.7 Å². The van der Waals surface area contributed by atoms with Crippen LogP contribution in [0.3, 0.4) is 0 Å². The zero-order chi connectivity index (χ0) is 18.2. The van der Waals surface area contributed by atoms with Gasteiger partial charge in [-0.05, 0) is 43.7 Å². The molecule has 1 saturated carbocycles. The molecule has 0 radical (unpaired) electrons. The summed E-state index contributed by atoms with van der Waals surface area (Å²) in [5.41, 5.74) is 1.73. The first-order valence-electron chi connectivity index (χ1n) is 8.87. The maximum absolute atomic E-state index is 12.4. The second-order valence-electron chi connectivity index (χ2n) is 7.85. The van der Waals surface area contributed by atoms with Gasteiger partial charge in [-0.1, -0.05) is 31.2 Å². The number of Topliss-reactive ketones (excluding diaryl/α,β-unsaturated/α-hetero) is 1. The standard InChI is InChI=1S/C19H26N4O2/c1-12(11-23-17-8-6-5-7-16(17)21-22-23)20-18(25)10-14-9-15(13(2)24)19(14,3)4/h5-8,12,14-15H,9-11H2,1-4H3,(H,20,25)/t12-,14?,15?/m1/s1. The Hall–Kier alpha value is -2.24. The van der Waals surface area contributed by atoms with Crippen LogP contribution in [0.1, 0.15) is 40.5 Å². The van der Waals surface area contributed by atoms with Crippen molar-refractivity contribution in [2.24, 2.45) is 17.3 Å². The fourth-order valence-corrected chi connectivity index (χ4v) is 3.97. The summed E-state index contributed by atoms with van der Waals surface area (Å²) in [6, 6.07) is 7.75. The summed E-state index contributed by atoms with van der Waals surface area (Å²) in [5, 5.41) is 11.3. The molecule has 6 heteroatoms. The zero-order valence-corrected chi connectivity index (χ0v) is 15.3. The number of rotatable bonds is 6. The summed E-state index contributed by atoms with van der Waals surface area (Å²) < 4.78 is 1.82. The van der Waals surface area contributed by atoms with Crippen molar-refractivity contribution in [1.29, 1.82) is 0 Å². The molecule has 3 rings (SSSR count). The molecule has 0 aliphatic heterocycles. The minimum absolute atomic E-state index is 0.0376. The SMILES string of the molecule is CC(=O)C1CC(CC(=O)N[C@H](C)Cn2nnc3ccccc32)C1(C)C. The molecule has 3 atom stereocenters. The highest BCUT2D eigenvalue weighted by Gasteiger charge is 2.50. The van der Waals surface area contributed by atoms with E-state index in [1.165, 1.54) is 0 Å². The summed E-state index contributed by atoms with van der Waals surface area (Å²) in [4.78, 5) is 24.0. The Morgan fingerprint density at radius 2 is 2.08 bits per heavy atom. The minimum Gasteiger partial charge on any atom is -0.352 e. The maximum atomic E-state index is 12.4. The quantitative estimate of drug-likeness (QED) is 0.875. The average molecular weight is 342 g/mol. The predicted molar refractivity (Wildman–Crippen MR) is 95.8 cm³/mol. The van der Waals surface area contributed by atoms with Gasteiger partial charge in [0.15, 0.2) is 0 Å². The Labute approximate surface area is 148 Å². The van der Waals surface area contributed by atoms with Crippen molar-refractivity contribution in [3.63, 3.8) is 0 Å². The summed E-state index contributed by atoms with van der Waals surface area (Å²) >= 11 is 0. The Morgan fingerprint density at radius 1 is 1.36 bits per heavy atom. The van der Waals surface area contributed by atoms with Gasteiger partial charge in [0.25, 0.3) is 0 Å². The minimum atomic E-state index is -0.0888. The number of carbonyl (C=O) groups is 2. The van der Waals surface area contributed by atoms with Crippen LogP contribution in [0.15, 0.2) is 24.3 Å². The molecular formula is C19H26N4O2. The van der Waals surface area contributed by atoms with E-state index in [-0.39, 0.29) is 35.0 Å². The summed E-state index contributed by atoms with van der Waals surface area (Å²) in [6.45, 7) is 8.37. The van der Waals surface area contributed by atoms with E-state index in [2.05, 4.69) is 29.5 Å². The molecule has 6 nitrogen and oxygen atoms in total. The lowest BCUT2D eigenvalue weighted by Gasteiger charge is -2.51. The number of nitrogens with one attached hydrogen (secondary N) is 1. The molecule has 1 aromatic heterocycles. The van der Waals surface area contributed by atoms with Crippen LogP contribution in [0.2, 0.25) is 0 Å². The highest BCUT2D eigenvalue weighted by atomic mass is 16.1. The first-order valence-corrected chi connectivity index (χ1v) is 8.87. The molecule has 1 fully saturated rings.